The SMILES string of the molecule is C=CCCCC(C)NC(C)CC(N)=O. The molecule has 0 aromatic heterocycles. The summed E-state index contributed by atoms with van der Waals surface area (Å²) in [5.74, 6) is -0.247. The van der Waals surface area contributed by atoms with Crippen LogP contribution in [0.5, 0.6) is 0 Å². The van der Waals surface area contributed by atoms with Crippen LogP contribution in [0.1, 0.15) is 39.5 Å². The summed E-state index contributed by atoms with van der Waals surface area (Å²) in [5, 5.41) is 3.33. The van der Waals surface area contributed by atoms with Crippen molar-refractivity contribution in [1.82, 2.24) is 5.32 Å². The fourth-order valence-corrected chi connectivity index (χ4v) is 1.50. The van der Waals surface area contributed by atoms with Crippen molar-refractivity contribution in [2.75, 3.05) is 0 Å². The molecule has 3 N–H and O–H groups in total. The predicted octanol–water partition coefficient (Wildman–Crippen LogP) is 1.58. The number of hydrogen-bond donors (Lipinski definition) is 2. The second-order valence-electron chi connectivity index (χ2n) is 3.86. The van der Waals surface area contributed by atoms with Crippen LogP contribution >= 0.6 is 0 Å². The number of hydrogen-bond acceptors (Lipinski definition) is 2. The van der Waals surface area contributed by atoms with Crippen molar-refractivity contribution in [1.29, 1.82) is 0 Å². The van der Waals surface area contributed by atoms with Gasteiger partial charge >= 0.3 is 0 Å². The third-order valence-corrected chi connectivity index (χ3v) is 2.12. The molecule has 0 bridgehead atoms. The molecule has 0 aromatic carbocycles. The van der Waals surface area contributed by atoms with E-state index in [1.807, 2.05) is 13.0 Å². The van der Waals surface area contributed by atoms with Crippen molar-refractivity contribution < 1.29 is 4.79 Å². The second-order valence-corrected chi connectivity index (χ2v) is 3.86. The fraction of sp³-hybridized carbons (Fsp3) is 0.727. The van der Waals surface area contributed by atoms with Crippen molar-refractivity contribution in [2.45, 2.75) is 51.6 Å². The summed E-state index contributed by atoms with van der Waals surface area (Å²) in [6.45, 7) is 7.78. The van der Waals surface area contributed by atoms with Gasteiger partial charge in [0, 0.05) is 18.5 Å². The highest BCUT2D eigenvalue weighted by Gasteiger charge is 2.08. The first kappa shape index (κ1) is 13.2. The molecule has 0 rings (SSSR count). The first-order chi connectivity index (χ1) is 6.56. The number of carbonyl (C=O) groups excluding carboxylic acids is 1. The number of rotatable bonds is 8. The van der Waals surface area contributed by atoms with Gasteiger partial charge in [-0.3, -0.25) is 4.79 Å². The van der Waals surface area contributed by atoms with Crippen LogP contribution in [0.3, 0.4) is 0 Å². The molecule has 2 atom stereocenters. The number of carbonyl (C=O) groups is 1. The third kappa shape index (κ3) is 7.80. The molecule has 0 radical (unpaired) electrons. The Morgan fingerprint density at radius 2 is 2.14 bits per heavy atom. The van der Waals surface area contributed by atoms with E-state index >= 15 is 0 Å². The largest absolute Gasteiger partial charge is 0.370 e. The maximum Gasteiger partial charge on any atom is 0.218 e. The van der Waals surface area contributed by atoms with Crippen molar-refractivity contribution in [3.8, 4) is 0 Å². The summed E-state index contributed by atoms with van der Waals surface area (Å²) >= 11 is 0. The normalized spacial score (nSPS) is 14.7. The van der Waals surface area contributed by atoms with E-state index in [0.717, 1.165) is 19.3 Å². The average Bonchev–Trinajstić information content (AvgIpc) is 2.02. The zero-order valence-electron chi connectivity index (χ0n) is 9.25. The lowest BCUT2D eigenvalue weighted by molar-refractivity contribution is -0.118. The van der Waals surface area contributed by atoms with Gasteiger partial charge in [-0.1, -0.05) is 6.08 Å². The summed E-state index contributed by atoms with van der Waals surface area (Å²) in [5.41, 5.74) is 5.10. The van der Waals surface area contributed by atoms with Crippen LogP contribution in [-0.2, 0) is 4.79 Å². The molecule has 3 heteroatoms. The molecule has 0 aliphatic rings. The number of unbranched alkanes of at least 4 members (excludes halogenated alkanes) is 1. The minimum Gasteiger partial charge on any atom is -0.370 e. The number of nitrogens with one attached hydrogen (secondary N) is 1. The molecule has 3 nitrogen and oxygen atoms in total. The quantitative estimate of drug-likeness (QED) is 0.459. The predicted molar refractivity (Wildman–Crippen MR) is 59.9 cm³/mol. The molecule has 0 saturated heterocycles. The monoisotopic (exact) mass is 198 g/mol. The zero-order chi connectivity index (χ0) is 11.0. The van der Waals surface area contributed by atoms with Gasteiger partial charge in [0.05, 0.1) is 0 Å². The molecule has 0 fully saturated rings. The minimum absolute atomic E-state index is 0.172. The Morgan fingerprint density at radius 3 is 2.64 bits per heavy atom. The Hall–Kier alpha value is -0.830. The van der Waals surface area contributed by atoms with Crippen LogP contribution in [0.25, 0.3) is 0 Å². The standard InChI is InChI=1S/C11H22N2O/c1-4-5-6-7-9(2)13-10(3)8-11(12)14/h4,9-10,13H,1,5-8H2,2-3H3,(H2,12,14). The number of amides is 1. The number of nitrogens with two attached hydrogens (primary N) is 1. The number of allylic oxidation sites excluding steroid dienone is 1. The topological polar surface area (TPSA) is 55.1 Å². The second kappa shape index (κ2) is 7.56. The lowest BCUT2D eigenvalue weighted by atomic mass is 10.1. The van der Waals surface area contributed by atoms with Gasteiger partial charge in [-0.25, -0.2) is 0 Å². The molecule has 1 amide bonds. The van der Waals surface area contributed by atoms with Gasteiger partial charge < -0.3 is 11.1 Å². The Balaban J connectivity index is 3.54. The van der Waals surface area contributed by atoms with Gasteiger partial charge in [0.15, 0.2) is 0 Å². The first-order valence-electron chi connectivity index (χ1n) is 5.21. The molecule has 0 spiro atoms. The Labute approximate surface area is 86.8 Å². The van der Waals surface area contributed by atoms with E-state index in [4.69, 9.17) is 5.73 Å². The summed E-state index contributed by atoms with van der Waals surface area (Å²) in [6.07, 6.45) is 5.64. The highest BCUT2D eigenvalue weighted by atomic mass is 16.1. The van der Waals surface area contributed by atoms with Crippen LogP contribution in [0.4, 0.5) is 0 Å². The van der Waals surface area contributed by atoms with Crippen LogP contribution in [0.2, 0.25) is 0 Å². The highest BCUT2D eigenvalue weighted by molar-refractivity contribution is 5.74. The van der Waals surface area contributed by atoms with E-state index in [9.17, 15) is 4.79 Å². The highest BCUT2D eigenvalue weighted by Crippen LogP contribution is 2.02. The zero-order valence-corrected chi connectivity index (χ0v) is 9.25. The minimum atomic E-state index is -0.247. The van der Waals surface area contributed by atoms with E-state index in [1.54, 1.807) is 0 Å². The van der Waals surface area contributed by atoms with Crippen molar-refractivity contribution >= 4 is 5.91 Å². The lowest BCUT2D eigenvalue weighted by Gasteiger charge is -2.18. The molecule has 0 aliphatic heterocycles. The van der Waals surface area contributed by atoms with E-state index in [2.05, 4.69) is 18.8 Å². The van der Waals surface area contributed by atoms with Gasteiger partial charge in [-0.15, -0.1) is 6.58 Å². The van der Waals surface area contributed by atoms with Crippen LogP contribution in [0, 0.1) is 0 Å². The Kier molecular flexibility index (Phi) is 7.11. The van der Waals surface area contributed by atoms with Gasteiger partial charge in [0.25, 0.3) is 0 Å². The van der Waals surface area contributed by atoms with E-state index in [-0.39, 0.29) is 11.9 Å². The molecule has 0 saturated carbocycles. The molecular formula is C11H22N2O. The summed E-state index contributed by atoms with van der Waals surface area (Å²) in [6, 6.07) is 0.607. The molecule has 0 aliphatic carbocycles. The smallest absolute Gasteiger partial charge is 0.218 e. The van der Waals surface area contributed by atoms with Crippen LogP contribution < -0.4 is 11.1 Å². The summed E-state index contributed by atoms with van der Waals surface area (Å²) < 4.78 is 0. The Morgan fingerprint density at radius 1 is 1.50 bits per heavy atom. The third-order valence-electron chi connectivity index (χ3n) is 2.12. The van der Waals surface area contributed by atoms with Crippen LogP contribution in [-0.4, -0.2) is 18.0 Å². The van der Waals surface area contributed by atoms with Crippen molar-refractivity contribution in [2.24, 2.45) is 5.73 Å². The maximum atomic E-state index is 10.6. The molecule has 2 unspecified atom stereocenters. The Bertz CT molecular complexity index is 180. The van der Waals surface area contributed by atoms with Crippen molar-refractivity contribution in [3.05, 3.63) is 12.7 Å². The summed E-state index contributed by atoms with van der Waals surface area (Å²) in [4.78, 5) is 10.6. The van der Waals surface area contributed by atoms with Crippen LogP contribution in [0.15, 0.2) is 12.7 Å². The van der Waals surface area contributed by atoms with E-state index in [0.29, 0.717) is 12.5 Å². The van der Waals surface area contributed by atoms with Gasteiger partial charge in [-0.05, 0) is 33.1 Å². The summed E-state index contributed by atoms with van der Waals surface area (Å²) in [7, 11) is 0. The van der Waals surface area contributed by atoms with E-state index < -0.39 is 0 Å². The lowest BCUT2D eigenvalue weighted by Crippen LogP contribution is -2.37. The first-order valence-corrected chi connectivity index (χ1v) is 5.21. The van der Waals surface area contributed by atoms with E-state index in [1.165, 1.54) is 0 Å². The fourth-order valence-electron chi connectivity index (χ4n) is 1.50. The molecular weight excluding hydrogens is 176 g/mol. The number of primary amides is 1. The van der Waals surface area contributed by atoms with Gasteiger partial charge in [0.1, 0.15) is 0 Å². The molecule has 82 valence electrons. The molecule has 0 aromatic rings. The van der Waals surface area contributed by atoms with Gasteiger partial charge in [0.2, 0.25) is 5.91 Å². The van der Waals surface area contributed by atoms with Gasteiger partial charge in [-0.2, -0.15) is 0 Å². The maximum absolute atomic E-state index is 10.6. The molecule has 14 heavy (non-hydrogen) atoms. The van der Waals surface area contributed by atoms with Crippen molar-refractivity contribution in [3.63, 3.8) is 0 Å². The average molecular weight is 198 g/mol. The molecule has 0 heterocycles.